The zero-order valence-electron chi connectivity index (χ0n) is 35.2. The number of pyridine rings is 1. The standard InChI is InChI=1S/C57H43N5/c1-5-17-38(18-6-2)61-47-27-15-13-21-39(47)44-33-36(28-30-48(44)61)37-29-31-49-45(34-37)51-41-23-11-10-22-40(41)50-43-25-16-32-58-55(43)57(3,4)52(50)54(51)62(49)56-59-46-26-14-12-24-42(46)53(60-56)35-19-8-7-9-20-35/h5,7-34H,6H2,1-4H3/b17-5-,38-18+. The molecule has 0 spiro atoms. The molecular formula is C57H43N5. The third kappa shape index (κ3) is 5.12. The van der Waals surface area contributed by atoms with Crippen LogP contribution in [0.2, 0.25) is 0 Å². The summed E-state index contributed by atoms with van der Waals surface area (Å²) in [6, 6.07) is 54.8. The molecule has 0 bridgehead atoms. The van der Waals surface area contributed by atoms with Gasteiger partial charge in [0, 0.05) is 55.4 Å². The van der Waals surface area contributed by atoms with Crippen molar-refractivity contribution in [1.82, 2.24) is 24.1 Å². The van der Waals surface area contributed by atoms with Crippen LogP contribution in [0.4, 0.5) is 0 Å². The maximum absolute atomic E-state index is 5.53. The van der Waals surface area contributed by atoms with E-state index in [4.69, 9.17) is 15.0 Å². The summed E-state index contributed by atoms with van der Waals surface area (Å²) in [5, 5.41) is 8.31. The molecule has 0 N–H and O–H groups in total. The van der Waals surface area contributed by atoms with E-state index >= 15 is 0 Å². The van der Waals surface area contributed by atoms with Crippen molar-refractivity contribution in [3.05, 3.63) is 187 Å². The first kappa shape index (κ1) is 36.2. The van der Waals surface area contributed by atoms with Gasteiger partial charge in [-0.15, -0.1) is 0 Å². The summed E-state index contributed by atoms with van der Waals surface area (Å²) in [7, 11) is 0. The Morgan fingerprint density at radius 1 is 0.613 bits per heavy atom. The molecule has 296 valence electrons. The van der Waals surface area contributed by atoms with Gasteiger partial charge in [-0.3, -0.25) is 9.55 Å². The lowest BCUT2D eigenvalue weighted by Gasteiger charge is -2.23. The minimum Gasteiger partial charge on any atom is -0.310 e. The Labute approximate surface area is 360 Å². The Bertz CT molecular complexity index is 3710. The molecule has 0 saturated carbocycles. The number of fused-ring (bicyclic) bond motifs is 14. The predicted molar refractivity (Wildman–Crippen MR) is 260 cm³/mol. The van der Waals surface area contributed by atoms with Crippen molar-refractivity contribution in [3.63, 3.8) is 0 Å². The summed E-state index contributed by atoms with van der Waals surface area (Å²) >= 11 is 0. The fourth-order valence-corrected chi connectivity index (χ4v) is 10.5. The molecule has 1 aliphatic rings. The van der Waals surface area contributed by atoms with E-state index in [9.17, 15) is 0 Å². The van der Waals surface area contributed by atoms with Gasteiger partial charge in [0.1, 0.15) is 0 Å². The molecule has 5 heteroatoms. The van der Waals surface area contributed by atoms with Gasteiger partial charge in [-0.05, 0) is 94.9 Å². The molecule has 1 aliphatic carbocycles. The Morgan fingerprint density at radius 3 is 2.08 bits per heavy atom. The van der Waals surface area contributed by atoms with E-state index in [0.717, 1.165) is 56.3 Å². The SMILES string of the molecule is C/C=C\C(=C/CC)n1c2ccccc2c2cc(-c3ccc4c(c3)c3c5ccccc5c5c(c3n4-c3nc(-c4ccccc4)c4ccccc4n3)C(C)(C)c3ncccc3-5)ccc21. The van der Waals surface area contributed by atoms with Gasteiger partial charge in [-0.25, -0.2) is 9.97 Å². The van der Waals surface area contributed by atoms with Gasteiger partial charge in [0.15, 0.2) is 0 Å². The maximum atomic E-state index is 5.53. The van der Waals surface area contributed by atoms with Crippen molar-refractivity contribution in [2.24, 2.45) is 0 Å². The van der Waals surface area contributed by atoms with Crippen molar-refractivity contribution in [2.45, 2.75) is 39.5 Å². The number of nitrogens with zero attached hydrogens (tertiary/aromatic N) is 5. The number of hydrogen-bond donors (Lipinski definition) is 0. The van der Waals surface area contributed by atoms with Gasteiger partial charge in [0.25, 0.3) is 0 Å². The second-order valence-corrected chi connectivity index (χ2v) is 17.0. The maximum Gasteiger partial charge on any atom is 0.235 e. The molecule has 12 rings (SSSR count). The van der Waals surface area contributed by atoms with Gasteiger partial charge < -0.3 is 4.57 Å². The average Bonchev–Trinajstić information content (AvgIpc) is 3.91. The molecule has 0 saturated heterocycles. The summed E-state index contributed by atoms with van der Waals surface area (Å²) in [6.07, 6.45) is 9.54. The van der Waals surface area contributed by atoms with E-state index in [0.29, 0.717) is 5.95 Å². The molecule has 0 radical (unpaired) electrons. The second-order valence-electron chi connectivity index (χ2n) is 17.0. The summed E-state index contributed by atoms with van der Waals surface area (Å²) in [5.74, 6) is 0.652. The lowest BCUT2D eigenvalue weighted by Crippen LogP contribution is -2.18. The fourth-order valence-electron chi connectivity index (χ4n) is 10.5. The van der Waals surface area contributed by atoms with Crippen molar-refractivity contribution >= 4 is 71.0 Å². The van der Waals surface area contributed by atoms with Crippen LogP contribution in [0.25, 0.3) is 110 Å². The van der Waals surface area contributed by atoms with E-state index in [1.54, 1.807) is 0 Å². The highest BCUT2D eigenvalue weighted by molar-refractivity contribution is 6.27. The van der Waals surface area contributed by atoms with Crippen molar-refractivity contribution in [2.75, 3.05) is 0 Å². The molecule has 4 heterocycles. The molecule has 11 aromatic rings. The van der Waals surface area contributed by atoms with E-state index in [-0.39, 0.29) is 0 Å². The summed E-state index contributed by atoms with van der Waals surface area (Å²) in [5.41, 5.74) is 15.4. The highest BCUT2D eigenvalue weighted by Crippen LogP contribution is 2.56. The number of allylic oxidation sites excluding steroid dienone is 4. The van der Waals surface area contributed by atoms with Crippen LogP contribution in [-0.4, -0.2) is 24.1 Å². The summed E-state index contributed by atoms with van der Waals surface area (Å²) in [6.45, 7) is 8.94. The zero-order valence-corrected chi connectivity index (χ0v) is 35.2. The molecule has 4 aromatic heterocycles. The molecule has 0 amide bonds. The van der Waals surface area contributed by atoms with Gasteiger partial charge in [0.05, 0.1) is 39.0 Å². The van der Waals surface area contributed by atoms with Crippen molar-refractivity contribution in [3.8, 4) is 39.5 Å². The smallest absolute Gasteiger partial charge is 0.235 e. The lowest BCUT2D eigenvalue weighted by molar-refractivity contribution is 0.640. The summed E-state index contributed by atoms with van der Waals surface area (Å²) in [4.78, 5) is 16.0. The molecular weight excluding hydrogens is 755 g/mol. The first-order valence-corrected chi connectivity index (χ1v) is 21.6. The number of aromatic nitrogens is 5. The van der Waals surface area contributed by atoms with E-state index in [1.807, 2.05) is 6.20 Å². The molecule has 62 heavy (non-hydrogen) atoms. The topological polar surface area (TPSA) is 48.5 Å². The zero-order chi connectivity index (χ0) is 41.7. The number of rotatable bonds is 6. The average molecular weight is 798 g/mol. The quantitative estimate of drug-likeness (QED) is 0.157. The summed E-state index contributed by atoms with van der Waals surface area (Å²) < 4.78 is 4.76. The Kier molecular flexibility index (Phi) is 8.01. The van der Waals surface area contributed by atoms with Crippen LogP contribution < -0.4 is 0 Å². The van der Waals surface area contributed by atoms with Crippen LogP contribution in [0.1, 0.15) is 45.4 Å². The minimum absolute atomic E-state index is 0.403. The molecule has 5 nitrogen and oxygen atoms in total. The van der Waals surface area contributed by atoms with Crippen LogP contribution in [0.15, 0.2) is 176 Å². The Balaban J connectivity index is 1.20. The second kappa shape index (κ2) is 13.7. The lowest BCUT2D eigenvalue weighted by atomic mass is 9.82. The number of para-hydroxylation sites is 2. The van der Waals surface area contributed by atoms with Crippen LogP contribution in [-0.2, 0) is 5.41 Å². The van der Waals surface area contributed by atoms with Gasteiger partial charge in [-0.2, -0.15) is 0 Å². The Hall–Kier alpha value is -7.63. The van der Waals surface area contributed by atoms with Gasteiger partial charge in [0.2, 0.25) is 5.95 Å². The highest BCUT2D eigenvalue weighted by Gasteiger charge is 2.41. The molecule has 0 atom stereocenters. The van der Waals surface area contributed by atoms with Crippen molar-refractivity contribution < 1.29 is 0 Å². The fraction of sp³-hybridized carbons (Fsp3) is 0.105. The van der Waals surface area contributed by atoms with Gasteiger partial charge >= 0.3 is 0 Å². The highest BCUT2D eigenvalue weighted by atomic mass is 15.2. The minimum atomic E-state index is -0.403. The van der Waals surface area contributed by atoms with Crippen molar-refractivity contribution in [1.29, 1.82) is 0 Å². The van der Waals surface area contributed by atoms with Crippen LogP contribution in [0.5, 0.6) is 0 Å². The van der Waals surface area contributed by atoms with E-state index < -0.39 is 5.41 Å². The normalized spacial score (nSPS) is 13.7. The van der Waals surface area contributed by atoms with Crippen LogP contribution in [0, 0.1) is 0 Å². The largest absolute Gasteiger partial charge is 0.310 e. The monoisotopic (exact) mass is 797 g/mol. The number of hydrogen-bond acceptors (Lipinski definition) is 3. The molecule has 7 aromatic carbocycles. The van der Waals surface area contributed by atoms with E-state index in [1.165, 1.54) is 65.9 Å². The van der Waals surface area contributed by atoms with Crippen LogP contribution >= 0.6 is 0 Å². The predicted octanol–water partition coefficient (Wildman–Crippen LogP) is 14.9. The molecule has 0 unspecified atom stereocenters. The molecule has 0 fully saturated rings. The third-order valence-electron chi connectivity index (χ3n) is 13.1. The van der Waals surface area contributed by atoms with Gasteiger partial charge in [-0.1, -0.05) is 142 Å². The van der Waals surface area contributed by atoms with Crippen LogP contribution in [0.3, 0.4) is 0 Å². The first-order chi connectivity index (χ1) is 30.5. The molecule has 0 aliphatic heterocycles. The number of benzene rings is 7. The van der Waals surface area contributed by atoms with E-state index in [2.05, 4.69) is 207 Å². The first-order valence-electron chi connectivity index (χ1n) is 21.6. The third-order valence-corrected chi connectivity index (χ3v) is 13.1. The Morgan fingerprint density at radius 2 is 1.29 bits per heavy atom.